The molecule has 1 aromatic heterocycles. The van der Waals surface area contributed by atoms with E-state index < -0.39 is 0 Å². The van der Waals surface area contributed by atoms with Crippen molar-refractivity contribution in [1.82, 2.24) is 9.78 Å². The molecule has 0 radical (unpaired) electrons. The first kappa shape index (κ1) is 26.0. The zero-order valence-corrected chi connectivity index (χ0v) is 21.0. The number of nitrogens with zero attached hydrogens (tertiary/aromatic N) is 4. The van der Waals surface area contributed by atoms with Crippen LogP contribution in [0.25, 0.3) is 5.69 Å². The average molecular weight is 492 g/mol. The molecule has 1 unspecified atom stereocenters. The fraction of sp³-hybridized carbons (Fsp3) is 0.296. The highest BCUT2D eigenvalue weighted by Crippen LogP contribution is 2.28. The molecular weight excluding hydrogens is 462 g/mol. The SMILES string of the molecule is CCC(C)CCC(=Nc1cccc(Cl)c1)c1nn(-c2ccc(N=CCC=N)cc2OC)ccc1=O. The largest absolute Gasteiger partial charge is 0.494 e. The van der Waals surface area contributed by atoms with Gasteiger partial charge in [0.2, 0.25) is 5.43 Å². The van der Waals surface area contributed by atoms with E-state index in [-0.39, 0.29) is 5.43 Å². The Bertz CT molecular complexity index is 1280. The molecular formula is C27H30ClN5O2. The molecule has 3 rings (SSSR count). The third-order valence-electron chi connectivity index (χ3n) is 5.60. The number of halogens is 1. The molecule has 8 heteroatoms. The number of hydrogen-bond acceptors (Lipinski definition) is 6. The third kappa shape index (κ3) is 7.20. The minimum absolute atomic E-state index is 0.196. The first-order valence-corrected chi connectivity index (χ1v) is 12.0. The van der Waals surface area contributed by atoms with Gasteiger partial charge in [0.25, 0.3) is 0 Å². The average Bonchev–Trinajstić information content (AvgIpc) is 2.87. The summed E-state index contributed by atoms with van der Waals surface area (Å²) in [5.41, 5.74) is 2.77. The van der Waals surface area contributed by atoms with E-state index in [1.54, 1.807) is 42.4 Å². The van der Waals surface area contributed by atoms with Gasteiger partial charge in [0.1, 0.15) is 11.4 Å². The van der Waals surface area contributed by atoms with Crippen molar-refractivity contribution in [3.05, 3.63) is 75.7 Å². The molecule has 0 aliphatic carbocycles. The number of aromatic nitrogens is 2. The number of aliphatic imine (C=N–C) groups is 2. The van der Waals surface area contributed by atoms with Gasteiger partial charge in [-0.05, 0) is 49.1 Å². The van der Waals surface area contributed by atoms with E-state index in [9.17, 15) is 4.79 Å². The number of benzene rings is 2. The number of ether oxygens (including phenoxy) is 1. The maximum absolute atomic E-state index is 12.9. The molecule has 1 atom stereocenters. The Balaban J connectivity index is 2.06. The third-order valence-corrected chi connectivity index (χ3v) is 5.83. The first-order valence-electron chi connectivity index (χ1n) is 11.6. The molecule has 2 aromatic carbocycles. The summed E-state index contributed by atoms with van der Waals surface area (Å²) in [7, 11) is 1.57. The molecule has 0 spiro atoms. The highest BCUT2D eigenvalue weighted by molar-refractivity contribution is 6.30. The summed E-state index contributed by atoms with van der Waals surface area (Å²) in [4.78, 5) is 22.0. The Morgan fingerprint density at radius 2 is 2.06 bits per heavy atom. The molecule has 7 nitrogen and oxygen atoms in total. The summed E-state index contributed by atoms with van der Waals surface area (Å²) in [5.74, 6) is 1.05. The second-order valence-corrected chi connectivity index (χ2v) is 8.61. The van der Waals surface area contributed by atoms with Gasteiger partial charge in [0.15, 0.2) is 5.69 Å². The van der Waals surface area contributed by atoms with E-state index in [2.05, 4.69) is 23.9 Å². The molecule has 0 fully saturated rings. The van der Waals surface area contributed by atoms with Crippen LogP contribution in [0.3, 0.4) is 0 Å². The molecule has 1 heterocycles. The Hall–Kier alpha value is -3.58. The van der Waals surface area contributed by atoms with Crippen LogP contribution in [0.1, 0.15) is 45.2 Å². The summed E-state index contributed by atoms with van der Waals surface area (Å²) >= 11 is 6.16. The fourth-order valence-corrected chi connectivity index (χ4v) is 3.59. The number of methoxy groups -OCH3 is 1. The van der Waals surface area contributed by atoms with Crippen LogP contribution in [-0.2, 0) is 0 Å². The van der Waals surface area contributed by atoms with Crippen molar-refractivity contribution in [2.75, 3.05) is 7.11 Å². The monoisotopic (exact) mass is 491 g/mol. The summed E-state index contributed by atoms with van der Waals surface area (Å²) in [6.45, 7) is 4.34. The van der Waals surface area contributed by atoms with Gasteiger partial charge < -0.3 is 10.1 Å². The van der Waals surface area contributed by atoms with Crippen LogP contribution in [-0.4, -0.2) is 35.0 Å². The summed E-state index contributed by atoms with van der Waals surface area (Å²) in [6, 6.07) is 14.2. The molecule has 1 N–H and O–H groups in total. The van der Waals surface area contributed by atoms with Crippen molar-refractivity contribution in [1.29, 1.82) is 5.41 Å². The van der Waals surface area contributed by atoms with Crippen LogP contribution in [0.2, 0.25) is 5.02 Å². The minimum atomic E-state index is -0.196. The van der Waals surface area contributed by atoms with Crippen LogP contribution in [0, 0.1) is 11.3 Å². The van der Waals surface area contributed by atoms with Crippen LogP contribution in [0.4, 0.5) is 11.4 Å². The van der Waals surface area contributed by atoms with Crippen LogP contribution in [0.15, 0.2) is 69.5 Å². The molecule has 182 valence electrons. The summed E-state index contributed by atoms with van der Waals surface area (Å²) in [5, 5.41) is 12.4. The molecule has 0 aliphatic rings. The fourth-order valence-electron chi connectivity index (χ4n) is 3.40. The molecule has 0 aliphatic heterocycles. The van der Waals surface area contributed by atoms with Gasteiger partial charge in [-0.2, -0.15) is 5.10 Å². The van der Waals surface area contributed by atoms with Gasteiger partial charge in [-0.1, -0.05) is 37.9 Å². The first-order chi connectivity index (χ1) is 16.9. The number of nitrogens with one attached hydrogen (secondary N) is 1. The molecule has 3 aromatic rings. The van der Waals surface area contributed by atoms with Crippen LogP contribution >= 0.6 is 11.6 Å². The lowest BCUT2D eigenvalue weighted by Gasteiger charge is -2.14. The van der Waals surface area contributed by atoms with Gasteiger partial charge >= 0.3 is 0 Å². The molecule has 0 bridgehead atoms. The van der Waals surface area contributed by atoms with Crippen molar-refractivity contribution in [2.24, 2.45) is 15.9 Å². The normalized spacial score (nSPS) is 12.6. The summed E-state index contributed by atoms with van der Waals surface area (Å²) < 4.78 is 7.20. The lowest BCUT2D eigenvalue weighted by molar-refractivity contribution is 0.411. The Morgan fingerprint density at radius 1 is 1.23 bits per heavy atom. The van der Waals surface area contributed by atoms with Crippen molar-refractivity contribution in [3.63, 3.8) is 0 Å². The van der Waals surface area contributed by atoms with E-state index in [1.807, 2.05) is 24.3 Å². The van der Waals surface area contributed by atoms with E-state index in [4.69, 9.17) is 26.7 Å². The van der Waals surface area contributed by atoms with Gasteiger partial charge in [-0.15, -0.1) is 0 Å². The topological polar surface area (TPSA) is 92.7 Å². The lowest BCUT2D eigenvalue weighted by Crippen LogP contribution is -2.22. The van der Waals surface area contributed by atoms with E-state index >= 15 is 0 Å². The van der Waals surface area contributed by atoms with E-state index in [1.165, 1.54) is 12.3 Å². The van der Waals surface area contributed by atoms with Gasteiger partial charge in [0, 0.05) is 42.2 Å². The zero-order chi connectivity index (χ0) is 25.2. The standard InChI is InChI=1S/C27H30ClN5O2/c1-4-19(2)9-11-23(31-22-8-5-7-20(28)17-22)27-25(34)13-16-33(32-27)24-12-10-21(18-26(24)35-3)30-15-6-14-29/h5,7-8,10,12-19,29H,4,6,9,11H2,1-3H3. The van der Waals surface area contributed by atoms with Gasteiger partial charge in [-0.3, -0.25) is 14.8 Å². The highest BCUT2D eigenvalue weighted by atomic mass is 35.5. The van der Waals surface area contributed by atoms with Crippen molar-refractivity contribution < 1.29 is 4.74 Å². The Kier molecular flexibility index (Phi) is 9.49. The smallest absolute Gasteiger partial charge is 0.209 e. The predicted molar refractivity (Wildman–Crippen MR) is 144 cm³/mol. The maximum Gasteiger partial charge on any atom is 0.209 e. The van der Waals surface area contributed by atoms with E-state index in [0.717, 1.165) is 12.8 Å². The molecule has 0 amide bonds. The van der Waals surface area contributed by atoms with Crippen molar-refractivity contribution in [2.45, 2.75) is 39.5 Å². The van der Waals surface area contributed by atoms with Crippen molar-refractivity contribution >= 4 is 41.1 Å². The van der Waals surface area contributed by atoms with Gasteiger partial charge in [-0.25, -0.2) is 4.68 Å². The Labute approximate surface area is 210 Å². The number of rotatable bonds is 11. The van der Waals surface area contributed by atoms with Crippen LogP contribution in [0.5, 0.6) is 5.75 Å². The minimum Gasteiger partial charge on any atom is -0.494 e. The van der Waals surface area contributed by atoms with Crippen molar-refractivity contribution in [3.8, 4) is 11.4 Å². The second kappa shape index (κ2) is 12.8. The summed E-state index contributed by atoms with van der Waals surface area (Å²) in [6.07, 6.45) is 7.57. The predicted octanol–water partition coefficient (Wildman–Crippen LogP) is 6.58. The van der Waals surface area contributed by atoms with Crippen LogP contribution < -0.4 is 10.2 Å². The lowest BCUT2D eigenvalue weighted by atomic mass is 9.99. The molecule has 0 saturated carbocycles. The highest BCUT2D eigenvalue weighted by Gasteiger charge is 2.15. The number of hydrogen-bond donors (Lipinski definition) is 1. The second-order valence-electron chi connectivity index (χ2n) is 8.17. The van der Waals surface area contributed by atoms with Gasteiger partial charge in [0.05, 0.1) is 24.2 Å². The molecule has 35 heavy (non-hydrogen) atoms. The maximum atomic E-state index is 12.9. The quantitative estimate of drug-likeness (QED) is 0.307. The molecule has 0 saturated heterocycles. The Morgan fingerprint density at radius 3 is 2.77 bits per heavy atom. The zero-order valence-electron chi connectivity index (χ0n) is 20.2. The van der Waals surface area contributed by atoms with E-state index in [0.29, 0.717) is 58.0 Å².